The zero-order chi connectivity index (χ0) is 12.2. The van der Waals surface area contributed by atoms with Crippen molar-refractivity contribution in [1.29, 1.82) is 5.26 Å². The monoisotopic (exact) mass is 236 g/mol. The topological polar surface area (TPSA) is 35.8 Å². The molecule has 0 fully saturated rings. The molecule has 0 aliphatic heterocycles. The molecule has 0 aliphatic rings. The summed E-state index contributed by atoms with van der Waals surface area (Å²) in [5, 5.41) is 12.9. The number of anilines is 1. The molecule has 0 radical (unpaired) electrons. The quantitative estimate of drug-likeness (QED) is 0.858. The third kappa shape index (κ3) is 3.75. The molecule has 0 aliphatic carbocycles. The summed E-state index contributed by atoms with van der Waals surface area (Å²) in [6.45, 7) is 6.70. The maximum Gasteiger partial charge on any atom is 0.0684 e. The summed E-state index contributed by atoms with van der Waals surface area (Å²) in [7, 11) is 0. The van der Waals surface area contributed by atoms with Gasteiger partial charge in [0.1, 0.15) is 0 Å². The molecular formula is C13H17ClN2. The molecule has 0 unspecified atom stereocenters. The van der Waals surface area contributed by atoms with Crippen LogP contribution in [0.1, 0.15) is 25.8 Å². The van der Waals surface area contributed by atoms with Crippen molar-refractivity contribution in [3.05, 3.63) is 28.8 Å². The zero-order valence-electron chi connectivity index (χ0n) is 9.97. The molecule has 1 rings (SSSR count). The van der Waals surface area contributed by atoms with Crippen LogP contribution in [0.5, 0.6) is 0 Å². The standard InChI is InChI=1S/C13H17ClN2/c1-10-4-5-11(14)8-12(10)16-7-6-13(2,3)9-15/h4-5,8,16H,6-7H2,1-3H3. The van der Waals surface area contributed by atoms with Gasteiger partial charge in [-0.3, -0.25) is 0 Å². The zero-order valence-corrected chi connectivity index (χ0v) is 10.7. The largest absolute Gasteiger partial charge is 0.385 e. The number of aryl methyl sites for hydroxylation is 1. The van der Waals surface area contributed by atoms with Crippen molar-refractivity contribution in [3.8, 4) is 6.07 Å². The first-order valence-electron chi connectivity index (χ1n) is 5.36. The highest BCUT2D eigenvalue weighted by Crippen LogP contribution is 2.22. The van der Waals surface area contributed by atoms with E-state index in [1.54, 1.807) is 0 Å². The molecule has 0 heterocycles. The van der Waals surface area contributed by atoms with E-state index < -0.39 is 0 Å². The number of rotatable bonds is 4. The molecule has 0 saturated carbocycles. The molecule has 2 nitrogen and oxygen atoms in total. The van der Waals surface area contributed by atoms with E-state index in [0.29, 0.717) is 0 Å². The van der Waals surface area contributed by atoms with Crippen LogP contribution in [-0.4, -0.2) is 6.54 Å². The van der Waals surface area contributed by atoms with Gasteiger partial charge in [-0.2, -0.15) is 5.26 Å². The lowest BCUT2D eigenvalue weighted by Gasteiger charge is -2.16. The fraction of sp³-hybridized carbons (Fsp3) is 0.462. The second-order valence-corrected chi connectivity index (χ2v) is 5.07. The highest BCUT2D eigenvalue weighted by Gasteiger charge is 2.15. The first kappa shape index (κ1) is 12.9. The van der Waals surface area contributed by atoms with Gasteiger partial charge in [0.25, 0.3) is 0 Å². The van der Waals surface area contributed by atoms with Gasteiger partial charge < -0.3 is 5.32 Å². The van der Waals surface area contributed by atoms with Crippen LogP contribution in [0.2, 0.25) is 5.02 Å². The second kappa shape index (κ2) is 5.23. The maximum atomic E-state index is 8.89. The number of halogens is 1. The summed E-state index contributed by atoms with van der Waals surface area (Å²) in [6, 6.07) is 8.06. The minimum Gasteiger partial charge on any atom is -0.385 e. The van der Waals surface area contributed by atoms with Crippen LogP contribution in [0, 0.1) is 23.7 Å². The Morgan fingerprint density at radius 2 is 2.12 bits per heavy atom. The molecule has 0 bridgehead atoms. The van der Waals surface area contributed by atoms with Gasteiger partial charge in [0.15, 0.2) is 0 Å². The van der Waals surface area contributed by atoms with Gasteiger partial charge >= 0.3 is 0 Å². The number of nitrogens with one attached hydrogen (secondary N) is 1. The Kier molecular flexibility index (Phi) is 4.20. The summed E-state index contributed by atoms with van der Waals surface area (Å²) in [5.74, 6) is 0. The van der Waals surface area contributed by atoms with E-state index >= 15 is 0 Å². The van der Waals surface area contributed by atoms with Crippen LogP contribution in [0.15, 0.2) is 18.2 Å². The smallest absolute Gasteiger partial charge is 0.0684 e. The predicted molar refractivity (Wildman–Crippen MR) is 68.7 cm³/mol. The predicted octanol–water partition coefficient (Wildman–Crippen LogP) is 4.00. The Hall–Kier alpha value is -1.20. The molecule has 16 heavy (non-hydrogen) atoms. The first-order chi connectivity index (χ1) is 7.44. The van der Waals surface area contributed by atoms with Gasteiger partial charge in [-0.25, -0.2) is 0 Å². The third-order valence-electron chi connectivity index (χ3n) is 2.57. The lowest BCUT2D eigenvalue weighted by Crippen LogP contribution is -2.14. The highest BCUT2D eigenvalue weighted by molar-refractivity contribution is 6.30. The molecule has 1 N–H and O–H groups in total. The Morgan fingerprint density at radius 3 is 2.75 bits per heavy atom. The minimum absolute atomic E-state index is 0.278. The molecule has 3 heteroatoms. The summed E-state index contributed by atoms with van der Waals surface area (Å²) in [4.78, 5) is 0. The van der Waals surface area contributed by atoms with Crippen molar-refractivity contribution in [1.82, 2.24) is 0 Å². The van der Waals surface area contributed by atoms with E-state index in [-0.39, 0.29) is 5.41 Å². The van der Waals surface area contributed by atoms with Crippen molar-refractivity contribution in [3.63, 3.8) is 0 Å². The Morgan fingerprint density at radius 1 is 1.44 bits per heavy atom. The number of benzene rings is 1. The van der Waals surface area contributed by atoms with Gasteiger partial charge in [-0.15, -0.1) is 0 Å². The first-order valence-corrected chi connectivity index (χ1v) is 5.74. The Labute approximate surface area is 102 Å². The van der Waals surface area contributed by atoms with Gasteiger partial charge in [-0.1, -0.05) is 17.7 Å². The highest BCUT2D eigenvalue weighted by atomic mass is 35.5. The molecule has 0 spiro atoms. The molecular weight excluding hydrogens is 220 g/mol. The Balaban J connectivity index is 2.56. The van der Waals surface area contributed by atoms with Crippen molar-refractivity contribution >= 4 is 17.3 Å². The average molecular weight is 237 g/mol. The fourth-order valence-corrected chi connectivity index (χ4v) is 1.52. The summed E-state index contributed by atoms with van der Waals surface area (Å²) >= 11 is 5.92. The normalized spacial score (nSPS) is 10.9. The summed E-state index contributed by atoms with van der Waals surface area (Å²) in [5.41, 5.74) is 1.93. The van der Waals surface area contributed by atoms with Crippen molar-refractivity contribution in [2.45, 2.75) is 27.2 Å². The van der Waals surface area contributed by atoms with E-state index in [9.17, 15) is 0 Å². The van der Waals surface area contributed by atoms with Crippen LogP contribution in [0.3, 0.4) is 0 Å². The minimum atomic E-state index is -0.278. The molecule has 1 aromatic carbocycles. The number of nitrogens with zero attached hydrogens (tertiary/aromatic N) is 1. The lowest BCUT2D eigenvalue weighted by atomic mass is 9.91. The number of hydrogen-bond acceptors (Lipinski definition) is 2. The number of nitriles is 1. The van der Waals surface area contributed by atoms with E-state index in [1.165, 1.54) is 5.56 Å². The van der Waals surface area contributed by atoms with Crippen molar-refractivity contribution in [2.24, 2.45) is 5.41 Å². The van der Waals surface area contributed by atoms with E-state index in [4.69, 9.17) is 16.9 Å². The van der Waals surface area contributed by atoms with Gasteiger partial charge in [-0.05, 0) is 44.9 Å². The second-order valence-electron chi connectivity index (χ2n) is 4.63. The van der Waals surface area contributed by atoms with Crippen LogP contribution >= 0.6 is 11.6 Å². The number of hydrogen-bond donors (Lipinski definition) is 1. The molecule has 86 valence electrons. The Bertz CT molecular complexity index is 405. The van der Waals surface area contributed by atoms with Crippen molar-refractivity contribution < 1.29 is 0 Å². The summed E-state index contributed by atoms with van der Waals surface area (Å²) in [6.07, 6.45) is 0.815. The summed E-state index contributed by atoms with van der Waals surface area (Å²) < 4.78 is 0. The van der Waals surface area contributed by atoms with Crippen LogP contribution in [0.25, 0.3) is 0 Å². The third-order valence-corrected chi connectivity index (χ3v) is 2.80. The average Bonchev–Trinajstić information content (AvgIpc) is 2.23. The van der Waals surface area contributed by atoms with Gasteiger partial charge in [0.05, 0.1) is 11.5 Å². The van der Waals surface area contributed by atoms with E-state index in [2.05, 4.69) is 11.4 Å². The van der Waals surface area contributed by atoms with Gasteiger partial charge in [0.2, 0.25) is 0 Å². The van der Waals surface area contributed by atoms with Crippen molar-refractivity contribution in [2.75, 3.05) is 11.9 Å². The van der Waals surface area contributed by atoms with Gasteiger partial charge in [0, 0.05) is 17.3 Å². The maximum absolute atomic E-state index is 8.89. The lowest BCUT2D eigenvalue weighted by molar-refractivity contribution is 0.466. The molecule has 0 saturated heterocycles. The van der Waals surface area contributed by atoms with Crippen LogP contribution in [-0.2, 0) is 0 Å². The fourth-order valence-electron chi connectivity index (χ4n) is 1.35. The van der Waals surface area contributed by atoms with E-state index in [1.807, 2.05) is 39.0 Å². The molecule has 1 aromatic rings. The van der Waals surface area contributed by atoms with Crippen LogP contribution in [0.4, 0.5) is 5.69 Å². The molecule has 0 amide bonds. The molecule has 0 aromatic heterocycles. The SMILES string of the molecule is Cc1ccc(Cl)cc1NCCC(C)(C)C#N. The van der Waals surface area contributed by atoms with Crippen LogP contribution < -0.4 is 5.32 Å². The van der Waals surface area contributed by atoms with E-state index in [0.717, 1.165) is 23.7 Å². The molecule has 0 atom stereocenters.